The number of nitrogens with zero attached hydrogens (tertiary/aromatic N) is 1. The van der Waals surface area contributed by atoms with Gasteiger partial charge in [0.05, 0.1) is 25.9 Å². The predicted molar refractivity (Wildman–Crippen MR) is 162 cm³/mol. The Labute approximate surface area is 250 Å². The number of ether oxygens (including phenoxy) is 3. The van der Waals surface area contributed by atoms with Crippen molar-refractivity contribution < 1.29 is 28.9 Å². The molecular weight excluding hydrogens is 548 g/mol. The summed E-state index contributed by atoms with van der Waals surface area (Å²) in [5.74, 6) is -2.27. The minimum Gasteiger partial charge on any atom is -0.483 e. The molecule has 0 bridgehead atoms. The van der Waals surface area contributed by atoms with E-state index in [4.69, 9.17) is 14.2 Å². The maximum absolute atomic E-state index is 13.8. The van der Waals surface area contributed by atoms with Crippen LogP contribution < -0.4 is 15.5 Å². The fraction of sp³-hybridized carbons (Fsp3) is 0.265. The summed E-state index contributed by atoms with van der Waals surface area (Å²) in [6.45, 7) is 1.60. The van der Waals surface area contributed by atoms with Crippen molar-refractivity contribution >= 4 is 11.9 Å². The third kappa shape index (κ3) is 7.57. The molecular formula is C34H36N2O7. The Morgan fingerprint density at radius 1 is 0.907 bits per heavy atom. The third-order valence-electron chi connectivity index (χ3n) is 6.97. The number of amides is 1. The Morgan fingerprint density at radius 2 is 1.49 bits per heavy atom. The number of hydrogen-bond acceptors (Lipinski definition) is 7. The molecule has 9 heteroatoms. The molecule has 224 valence electrons. The van der Waals surface area contributed by atoms with E-state index in [1.807, 2.05) is 91.0 Å². The second kappa shape index (κ2) is 15.5. The first-order chi connectivity index (χ1) is 21.0. The van der Waals surface area contributed by atoms with Crippen LogP contribution in [0.4, 0.5) is 0 Å². The topological polar surface area (TPSA) is 116 Å². The van der Waals surface area contributed by atoms with Crippen molar-refractivity contribution in [1.29, 1.82) is 0 Å². The van der Waals surface area contributed by atoms with Gasteiger partial charge < -0.3 is 29.2 Å². The average molecular weight is 585 g/mol. The molecule has 43 heavy (non-hydrogen) atoms. The molecule has 9 nitrogen and oxygen atoms in total. The standard InChI is InChI=1S/C34H36N2O7/c1-3-42-34(40)27-21-36(28(22-37)29(25-15-9-5-10-16-25)26-17-11-6-12-18-26)30(33(39)35-19-20-41-2)32(31(27)38)43-23-24-13-7-4-8-14-24/h4-18,21,28-29,37H,3,19-20,22-23H2,1-2H3,(H,35,39). The van der Waals surface area contributed by atoms with Crippen LogP contribution in [0.2, 0.25) is 0 Å². The number of esters is 1. The second-order valence-corrected chi connectivity index (χ2v) is 9.75. The molecule has 0 aliphatic rings. The SMILES string of the molecule is CCOC(=O)c1cn(C(CO)C(c2ccccc2)c2ccccc2)c(C(=O)NCCOC)c(OCc2ccccc2)c1=O. The summed E-state index contributed by atoms with van der Waals surface area (Å²) in [6.07, 6.45) is 1.29. The lowest BCUT2D eigenvalue weighted by atomic mass is 9.84. The van der Waals surface area contributed by atoms with Crippen LogP contribution in [-0.4, -0.2) is 55.0 Å². The van der Waals surface area contributed by atoms with E-state index in [-0.39, 0.29) is 43.4 Å². The van der Waals surface area contributed by atoms with Crippen molar-refractivity contribution in [2.24, 2.45) is 0 Å². The van der Waals surface area contributed by atoms with E-state index in [1.54, 1.807) is 6.92 Å². The normalized spacial score (nSPS) is 11.6. The van der Waals surface area contributed by atoms with Crippen molar-refractivity contribution in [2.75, 3.05) is 33.5 Å². The monoisotopic (exact) mass is 584 g/mol. The molecule has 1 aromatic heterocycles. The largest absolute Gasteiger partial charge is 0.483 e. The van der Waals surface area contributed by atoms with E-state index in [0.717, 1.165) is 16.7 Å². The van der Waals surface area contributed by atoms with Gasteiger partial charge in [-0.2, -0.15) is 0 Å². The minimum atomic E-state index is -0.857. The van der Waals surface area contributed by atoms with Crippen LogP contribution in [0, 0.1) is 0 Å². The number of aromatic nitrogens is 1. The lowest BCUT2D eigenvalue weighted by Gasteiger charge is -2.31. The van der Waals surface area contributed by atoms with Crippen molar-refractivity contribution in [3.8, 4) is 5.75 Å². The molecule has 4 rings (SSSR count). The highest BCUT2D eigenvalue weighted by Gasteiger charge is 2.33. The highest BCUT2D eigenvalue weighted by Crippen LogP contribution is 2.37. The molecule has 3 aromatic carbocycles. The molecule has 1 unspecified atom stereocenters. The van der Waals surface area contributed by atoms with Gasteiger partial charge in [0.25, 0.3) is 5.91 Å². The number of methoxy groups -OCH3 is 1. The van der Waals surface area contributed by atoms with Gasteiger partial charge in [-0.3, -0.25) is 9.59 Å². The first kappa shape index (κ1) is 31.2. The summed E-state index contributed by atoms with van der Waals surface area (Å²) < 4.78 is 17.9. The number of rotatable bonds is 14. The van der Waals surface area contributed by atoms with Gasteiger partial charge >= 0.3 is 5.97 Å². The number of hydrogen-bond donors (Lipinski definition) is 2. The molecule has 1 atom stereocenters. The first-order valence-electron chi connectivity index (χ1n) is 14.1. The molecule has 0 saturated carbocycles. The summed E-state index contributed by atoms with van der Waals surface area (Å²) in [4.78, 5) is 40.8. The van der Waals surface area contributed by atoms with Gasteiger partial charge in [0, 0.05) is 25.8 Å². The number of aliphatic hydroxyl groups excluding tert-OH is 1. The summed E-state index contributed by atoms with van der Waals surface area (Å²) in [6, 6.07) is 27.4. The zero-order valence-corrected chi connectivity index (χ0v) is 24.3. The van der Waals surface area contributed by atoms with Gasteiger partial charge in [-0.05, 0) is 23.6 Å². The van der Waals surface area contributed by atoms with Gasteiger partial charge in [-0.1, -0.05) is 91.0 Å². The maximum atomic E-state index is 13.8. The van der Waals surface area contributed by atoms with Gasteiger partial charge in [-0.25, -0.2) is 4.79 Å². The molecule has 0 fully saturated rings. The minimum absolute atomic E-state index is 0.0364. The summed E-state index contributed by atoms with van der Waals surface area (Å²) in [5, 5.41) is 13.8. The van der Waals surface area contributed by atoms with Crippen LogP contribution in [0.15, 0.2) is 102 Å². The Hall–Kier alpha value is -4.73. The molecule has 0 radical (unpaired) electrons. The van der Waals surface area contributed by atoms with Crippen molar-refractivity contribution in [2.45, 2.75) is 25.5 Å². The molecule has 4 aromatic rings. The fourth-order valence-electron chi connectivity index (χ4n) is 4.97. The molecule has 0 aliphatic heterocycles. The van der Waals surface area contributed by atoms with Crippen molar-refractivity contribution in [3.63, 3.8) is 0 Å². The van der Waals surface area contributed by atoms with Crippen LogP contribution in [0.3, 0.4) is 0 Å². The second-order valence-electron chi connectivity index (χ2n) is 9.75. The van der Waals surface area contributed by atoms with Crippen LogP contribution >= 0.6 is 0 Å². The smallest absolute Gasteiger partial charge is 0.343 e. The van der Waals surface area contributed by atoms with Crippen LogP contribution in [-0.2, 0) is 16.1 Å². The molecule has 0 spiro atoms. The summed E-state index contributed by atoms with van der Waals surface area (Å²) >= 11 is 0. The van der Waals surface area contributed by atoms with E-state index < -0.39 is 35.9 Å². The zero-order valence-electron chi connectivity index (χ0n) is 24.3. The molecule has 2 N–H and O–H groups in total. The van der Waals surface area contributed by atoms with Crippen LogP contribution in [0.25, 0.3) is 0 Å². The Balaban J connectivity index is 1.98. The van der Waals surface area contributed by atoms with Gasteiger partial charge in [0.1, 0.15) is 12.2 Å². The highest BCUT2D eigenvalue weighted by molar-refractivity contribution is 5.97. The number of nitrogens with one attached hydrogen (secondary N) is 1. The number of pyridine rings is 1. The number of benzene rings is 3. The van der Waals surface area contributed by atoms with E-state index in [9.17, 15) is 19.5 Å². The Bertz CT molecular complexity index is 1500. The first-order valence-corrected chi connectivity index (χ1v) is 14.1. The van der Waals surface area contributed by atoms with Gasteiger partial charge in [0.15, 0.2) is 11.4 Å². The average Bonchev–Trinajstić information content (AvgIpc) is 3.04. The van der Waals surface area contributed by atoms with Crippen LogP contribution in [0.1, 0.15) is 56.4 Å². The molecule has 0 aliphatic carbocycles. The van der Waals surface area contributed by atoms with E-state index >= 15 is 0 Å². The summed E-state index contributed by atoms with van der Waals surface area (Å²) in [7, 11) is 1.51. The Morgan fingerprint density at radius 3 is 2.02 bits per heavy atom. The quantitative estimate of drug-likeness (QED) is 0.167. The third-order valence-corrected chi connectivity index (χ3v) is 6.97. The molecule has 0 saturated heterocycles. The zero-order chi connectivity index (χ0) is 30.6. The van der Waals surface area contributed by atoms with E-state index in [1.165, 1.54) is 17.9 Å². The fourth-order valence-corrected chi connectivity index (χ4v) is 4.97. The van der Waals surface area contributed by atoms with E-state index in [2.05, 4.69) is 5.32 Å². The number of aliphatic hydroxyl groups is 1. The van der Waals surface area contributed by atoms with Crippen molar-refractivity contribution in [1.82, 2.24) is 9.88 Å². The highest BCUT2D eigenvalue weighted by atomic mass is 16.5. The van der Waals surface area contributed by atoms with Gasteiger partial charge in [0.2, 0.25) is 5.43 Å². The Kier molecular flexibility index (Phi) is 11.2. The molecule has 1 amide bonds. The lowest BCUT2D eigenvalue weighted by molar-refractivity contribution is 0.0521. The number of carbonyl (C=O) groups excluding carboxylic acids is 2. The van der Waals surface area contributed by atoms with Gasteiger partial charge in [-0.15, -0.1) is 0 Å². The predicted octanol–water partition coefficient (Wildman–Crippen LogP) is 4.35. The van der Waals surface area contributed by atoms with E-state index in [0.29, 0.717) is 0 Å². The number of carbonyl (C=O) groups is 2. The lowest BCUT2D eigenvalue weighted by Crippen LogP contribution is -2.37. The van der Waals surface area contributed by atoms with Crippen LogP contribution in [0.5, 0.6) is 5.75 Å². The summed E-state index contributed by atoms with van der Waals surface area (Å²) in [5.41, 5.74) is 1.27. The molecule has 1 heterocycles. The van der Waals surface area contributed by atoms with Crippen molar-refractivity contribution in [3.05, 3.63) is 135 Å². The maximum Gasteiger partial charge on any atom is 0.343 e.